The van der Waals surface area contributed by atoms with Crippen LogP contribution in [0.2, 0.25) is 0 Å². The molecule has 0 amide bonds. The summed E-state index contributed by atoms with van der Waals surface area (Å²) in [6, 6.07) is 0. The molecule has 34 heavy (non-hydrogen) atoms. The van der Waals surface area contributed by atoms with Crippen molar-refractivity contribution in [2.75, 3.05) is 26.8 Å². The number of carbonyl (C=O) groups excluding carboxylic acids is 1. The predicted molar refractivity (Wildman–Crippen MR) is 126 cm³/mol. The maximum atomic E-state index is 13.1. The molecule has 2 aliphatic carbocycles. The lowest BCUT2D eigenvalue weighted by molar-refractivity contribution is -0.163. The molecule has 3 aliphatic rings. The van der Waals surface area contributed by atoms with E-state index in [1.165, 1.54) is 11.3 Å². The lowest BCUT2D eigenvalue weighted by Gasteiger charge is -2.59. The van der Waals surface area contributed by atoms with Crippen LogP contribution >= 0.6 is 11.3 Å². The molecule has 1 spiro atoms. The summed E-state index contributed by atoms with van der Waals surface area (Å²) in [5.41, 5.74) is 0.916. The maximum absolute atomic E-state index is 13.1. The summed E-state index contributed by atoms with van der Waals surface area (Å²) in [7, 11) is 1.79. The van der Waals surface area contributed by atoms with Gasteiger partial charge in [0.1, 0.15) is 5.60 Å². The van der Waals surface area contributed by atoms with E-state index in [9.17, 15) is 13.6 Å². The average Bonchev–Trinajstić information content (AvgIpc) is 3.06. The van der Waals surface area contributed by atoms with Crippen LogP contribution in [0.15, 0.2) is 0 Å². The van der Waals surface area contributed by atoms with Crippen LogP contribution in [0.1, 0.15) is 70.4 Å². The van der Waals surface area contributed by atoms with Crippen molar-refractivity contribution in [3.63, 3.8) is 0 Å². The molecule has 4 rings (SSSR count). The summed E-state index contributed by atoms with van der Waals surface area (Å²) in [5.74, 6) is -1.96. The van der Waals surface area contributed by atoms with Gasteiger partial charge in [-0.05, 0) is 70.1 Å². The normalized spacial score (nSPS) is 28.1. The van der Waals surface area contributed by atoms with E-state index in [0.29, 0.717) is 35.4 Å². The first kappa shape index (κ1) is 25.8. The van der Waals surface area contributed by atoms with Gasteiger partial charge in [0.2, 0.25) is 0 Å². The zero-order valence-corrected chi connectivity index (χ0v) is 21.8. The molecule has 0 radical (unpaired) electrons. The van der Waals surface area contributed by atoms with Crippen LogP contribution in [-0.2, 0) is 27.2 Å². The topological polar surface area (TPSA) is 60.9 Å². The van der Waals surface area contributed by atoms with Gasteiger partial charge in [0.05, 0.1) is 11.8 Å². The van der Waals surface area contributed by atoms with Crippen LogP contribution in [-0.4, -0.2) is 60.3 Å². The first-order valence-electron chi connectivity index (χ1n) is 12.3. The number of fused-ring (bicyclic) bond motifs is 1. The minimum absolute atomic E-state index is 0.0820. The van der Waals surface area contributed by atoms with Crippen molar-refractivity contribution >= 4 is 17.3 Å². The van der Waals surface area contributed by atoms with Crippen molar-refractivity contribution in [2.45, 2.75) is 90.4 Å². The second-order valence-electron chi connectivity index (χ2n) is 11.7. The van der Waals surface area contributed by atoms with Crippen LogP contribution in [0.3, 0.4) is 0 Å². The third-order valence-corrected chi connectivity index (χ3v) is 8.28. The fraction of sp³-hybridized carbons (Fsp3) is 0.840. The fourth-order valence-electron chi connectivity index (χ4n) is 5.88. The maximum Gasteiger partial charge on any atom is 0.306 e. The third kappa shape index (κ3) is 6.46. The smallest absolute Gasteiger partial charge is 0.306 e. The number of nitrogens with zero attached hydrogens (tertiary/aromatic N) is 2. The molecular weight excluding hydrogens is 462 g/mol. The highest BCUT2D eigenvalue weighted by atomic mass is 32.1. The molecule has 0 bridgehead atoms. The van der Waals surface area contributed by atoms with Crippen LogP contribution in [0.4, 0.5) is 8.78 Å². The minimum atomic E-state index is -2.86. The van der Waals surface area contributed by atoms with E-state index >= 15 is 0 Å². The molecular formula is C25H38F2N2O4S. The Bertz CT molecular complexity index is 865. The number of esters is 1. The minimum Gasteiger partial charge on any atom is -0.464 e. The molecule has 0 aromatic carbocycles. The Hall–Kier alpha value is -1.32. The molecule has 1 aromatic heterocycles. The second-order valence-corrected chi connectivity index (χ2v) is 12.7. The summed E-state index contributed by atoms with van der Waals surface area (Å²) in [4.78, 5) is 20.0. The number of halogens is 2. The Morgan fingerprint density at radius 1 is 1.24 bits per heavy atom. The highest BCUT2D eigenvalue weighted by Crippen LogP contribution is 2.63. The number of hydrogen-bond donors (Lipinski definition) is 0. The Morgan fingerprint density at radius 3 is 2.56 bits per heavy atom. The van der Waals surface area contributed by atoms with E-state index in [4.69, 9.17) is 14.2 Å². The van der Waals surface area contributed by atoms with Crippen molar-refractivity contribution < 1.29 is 27.8 Å². The van der Waals surface area contributed by atoms with Gasteiger partial charge in [-0.2, -0.15) is 0 Å². The molecule has 2 fully saturated rings. The fourth-order valence-corrected chi connectivity index (χ4v) is 6.79. The molecule has 1 unspecified atom stereocenters. The number of hydrogen-bond acceptors (Lipinski definition) is 7. The van der Waals surface area contributed by atoms with E-state index in [1.54, 1.807) is 7.11 Å². The van der Waals surface area contributed by atoms with Crippen LogP contribution in [0.5, 0.6) is 5.19 Å². The number of methoxy groups -OCH3 is 1. The molecule has 0 saturated heterocycles. The highest BCUT2D eigenvalue weighted by molar-refractivity contribution is 7.13. The Balaban J connectivity index is 1.21. The van der Waals surface area contributed by atoms with Crippen molar-refractivity contribution in [3.8, 4) is 5.19 Å². The van der Waals surface area contributed by atoms with Crippen molar-refractivity contribution in [2.24, 2.45) is 17.3 Å². The number of aromatic nitrogens is 1. The second kappa shape index (κ2) is 9.62. The molecule has 0 N–H and O–H groups in total. The summed E-state index contributed by atoms with van der Waals surface area (Å²) in [6.45, 7) is 8.39. The van der Waals surface area contributed by atoms with E-state index in [0.717, 1.165) is 62.7 Å². The number of carbonyl (C=O) groups is 1. The Labute approximate surface area is 205 Å². The largest absolute Gasteiger partial charge is 0.464 e. The monoisotopic (exact) mass is 500 g/mol. The first-order chi connectivity index (χ1) is 15.8. The summed E-state index contributed by atoms with van der Waals surface area (Å²) >= 11 is 1.38. The van der Waals surface area contributed by atoms with Crippen LogP contribution in [0, 0.1) is 17.3 Å². The van der Waals surface area contributed by atoms with Gasteiger partial charge in [-0.1, -0.05) is 11.3 Å². The first-order valence-corrected chi connectivity index (χ1v) is 13.1. The van der Waals surface area contributed by atoms with Gasteiger partial charge in [0.15, 0.2) is 6.61 Å². The summed E-state index contributed by atoms with van der Waals surface area (Å²) in [6.07, 6.45) is 6.11. The van der Waals surface area contributed by atoms with Crippen molar-refractivity contribution in [3.05, 3.63) is 10.6 Å². The molecule has 2 saturated carbocycles. The molecule has 192 valence electrons. The van der Waals surface area contributed by atoms with Crippen LogP contribution < -0.4 is 4.74 Å². The van der Waals surface area contributed by atoms with E-state index in [-0.39, 0.29) is 12.1 Å². The quantitative estimate of drug-likeness (QED) is 0.440. The van der Waals surface area contributed by atoms with Crippen LogP contribution in [0.25, 0.3) is 0 Å². The number of thiazole rings is 1. The molecule has 2 heterocycles. The third-order valence-electron chi connectivity index (χ3n) is 7.21. The van der Waals surface area contributed by atoms with Gasteiger partial charge in [-0.15, -0.1) is 0 Å². The lowest BCUT2D eigenvalue weighted by Crippen LogP contribution is -2.53. The molecule has 1 aliphatic heterocycles. The molecule has 6 nitrogen and oxygen atoms in total. The lowest BCUT2D eigenvalue weighted by atomic mass is 9.47. The predicted octanol–water partition coefficient (Wildman–Crippen LogP) is 5.09. The van der Waals surface area contributed by atoms with E-state index in [1.807, 2.05) is 20.8 Å². The van der Waals surface area contributed by atoms with Gasteiger partial charge in [-0.3, -0.25) is 9.69 Å². The zero-order valence-electron chi connectivity index (χ0n) is 21.0. The van der Waals surface area contributed by atoms with Gasteiger partial charge >= 0.3 is 5.97 Å². The number of ether oxygens (including phenoxy) is 3. The summed E-state index contributed by atoms with van der Waals surface area (Å²) in [5, 5.41) is 0.337. The molecule has 9 heteroatoms. The van der Waals surface area contributed by atoms with Crippen molar-refractivity contribution in [1.29, 1.82) is 0 Å². The molecule has 1 aromatic rings. The van der Waals surface area contributed by atoms with Crippen molar-refractivity contribution in [1.82, 2.24) is 9.88 Å². The Morgan fingerprint density at radius 2 is 1.94 bits per heavy atom. The van der Waals surface area contributed by atoms with Gasteiger partial charge in [-0.25, -0.2) is 13.8 Å². The number of rotatable bonds is 9. The van der Waals surface area contributed by atoms with Gasteiger partial charge < -0.3 is 14.2 Å². The molecule has 1 atom stereocenters. The van der Waals surface area contributed by atoms with E-state index < -0.39 is 18.1 Å². The Kier molecular flexibility index (Phi) is 7.29. The number of alkyl halides is 2. The van der Waals surface area contributed by atoms with Gasteiger partial charge in [0.25, 0.3) is 11.1 Å². The zero-order chi connectivity index (χ0) is 24.7. The standard InChI is InChI=1S/C25H38F2N2O4S/c1-23(2,3)33-21(30)8-16-9-25(10-16)11-17(12-25)19(31-5)14-29-7-6-20-18(13-29)28-22(34-20)32-15-24(4,26)27/h16-17,19H,6-15H2,1-5H3. The summed E-state index contributed by atoms with van der Waals surface area (Å²) < 4.78 is 42.7. The van der Waals surface area contributed by atoms with E-state index in [2.05, 4.69) is 9.88 Å². The van der Waals surface area contributed by atoms with Gasteiger partial charge in [0, 0.05) is 45.0 Å². The highest BCUT2D eigenvalue weighted by Gasteiger charge is 2.55. The SMILES string of the molecule is COC(CN1CCc2sc(OCC(C)(F)F)nc2C1)C1CC2(CC(CC(=O)OC(C)(C)C)C2)C1. The average molecular weight is 501 g/mol.